The molecule has 3 unspecified atom stereocenters. The van der Waals surface area contributed by atoms with Crippen LogP contribution in [0.25, 0.3) is 0 Å². The van der Waals surface area contributed by atoms with Crippen LogP contribution >= 0.6 is 0 Å². The highest BCUT2D eigenvalue weighted by Gasteiger charge is 2.43. The standard InChI is InChI=1S/C23H29FN2O8/c1-32-23(31)18-3-2-9-26(18)22(30)19-11-17(34-12-15-4-6-16(24)7-5-15)8-10-25(19)20(27)13-33-14-21(28)29/h4-7,17-19H,2-3,8-14H2,1H3,(H,28,29). The molecule has 2 heterocycles. The quantitative estimate of drug-likeness (QED) is 0.519. The van der Waals surface area contributed by atoms with Gasteiger partial charge in [0.15, 0.2) is 0 Å². The third-order valence-electron chi connectivity index (χ3n) is 6.02. The molecule has 2 fully saturated rings. The number of benzene rings is 1. The van der Waals surface area contributed by atoms with Crippen molar-refractivity contribution < 1.29 is 42.9 Å². The number of rotatable bonds is 9. The van der Waals surface area contributed by atoms with Gasteiger partial charge in [-0.25, -0.2) is 14.0 Å². The summed E-state index contributed by atoms with van der Waals surface area (Å²) in [6, 6.07) is 4.30. The van der Waals surface area contributed by atoms with Gasteiger partial charge in [-0.1, -0.05) is 12.1 Å². The topological polar surface area (TPSA) is 123 Å². The summed E-state index contributed by atoms with van der Waals surface area (Å²) in [5.74, 6) is -2.95. The minimum atomic E-state index is -1.20. The maximum absolute atomic E-state index is 13.5. The van der Waals surface area contributed by atoms with Crippen LogP contribution in [0.1, 0.15) is 31.2 Å². The molecule has 11 heteroatoms. The summed E-state index contributed by atoms with van der Waals surface area (Å²) in [7, 11) is 1.26. The molecule has 0 saturated carbocycles. The Morgan fingerprint density at radius 1 is 1.03 bits per heavy atom. The van der Waals surface area contributed by atoms with Crippen molar-refractivity contribution in [3.05, 3.63) is 35.6 Å². The van der Waals surface area contributed by atoms with E-state index in [1.165, 1.54) is 29.0 Å². The van der Waals surface area contributed by atoms with Crippen LogP contribution in [0, 0.1) is 5.82 Å². The molecule has 0 spiro atoms. The fourth-order valence-corrected chi connectivity index (χ4v) is 4.32. The van der Waals surface area contributed by atoms with E-state index in [2.05, 4.69) is 0 Å². The molecule has 3 rings (SSSR count). The van der Waals surface area contributed by atoms with E-state index in [9.17, 15) is 23.6 Å². The number of carbonyl (C=O) groups excluding carboxylic acids is 3. The zero-order valence-corrected chi connectivity index (χ0v) is 19.0. The lowest BCUT2D eigenvalue weighted by molar-refractivity contribution is -0.159. The molecule has 34 heavy (non-hydrogen) atoms. The number of halogens is 1. The number of carbonyl (C=O) groups is 4. The third kappa shape index (κ3) is 6.51. The highest BCUT2D eigenvalue weighted by Crippen LogP contribution is 2.27. The van der Waals surface area contributed by atoms with E-state index in [-0.39, 0.29) is 37.4 Å². The highest BCUT2D eigenvalue weighted by molar-refractivity contribution is 5.91. The SMILES string of the molecule is COC(=O)C1CCCN1C(=O)C1CC(OCc2ccc(F)cc2)CCN1C(=O)COCC(=O)O. The molecule has 1 aromatic carbocycles. The number of carboxylic acids is 1. The van der Waals surface area contributed by atoms with Gasteiger partial charge in [-0.2, -0.15) is 0 Å². The van der Waals surface area contributed by atoms with Gasteiger partial charge in [-0.05, 0) is 37.0 Å². The first-order chi connectivity index (χ1) is 16.3. The summed E-state index contributed by atoms with van der Waals surface area (Å²) < 4.78 is 28.9. The van der Waals surface area contributed by atoms with E-state index in [0.29, 0.717) is 25.8 Å². The van der Waals surface area contributed by atoms with E-state index >= 15 is 0 Å². The molecule has 0 bridgehead atoms. The second-order valence-corrected chi connectivity index (χ2v) is 8.29. The maximum atomic E-state index is 13.5. The van der Waals surface area contributed by atoms with Crippen LogP contribution in [0.5, 0.6) is 0 Å². The van der Waals surface area contributed by atoms with Gasteiger partial charge < -0.3 is 29.1 Å². The highest BCUT2D eigenvalue weighted by atomic mass is 19.1. The molecular formula is C23H29FN2O8. The summed E-state index contributed by atoms with van der Waals surface area (Å²) in [5, 5.41) is 8.74. The van der Waals surface area contributed by atoms with E-state index < -0.39 is 43.1 Å². The number of nitrogens with zero attached hydrogens (tertiary/aromatic N) is 2. The normalized spacial score (nSPS) is 22.5. The van der Waals surface area contributed by atoms with Gasteiger partial charge in [0.05, 0.1) is 19.8 Å². The van der Waals surface area contributed by atoms with Gasteiger partial charge >= 0.3 is 11.9 Å². The van der Waals surface area contributed by atoms with Crippen molar-refractivity contribution in [1.29, 1.82) is 0 Å². The number of carboxylic acid groups (broad SMARTS) is 1. The number of amides is 2. The van der Waals surface area contributed by atoms with Crippen molar-refractivity contribution in [1.82, 2.24) is 9.80 Å². The van der Waals surface area contributed by atoms with Gasteiger partial charge in [0.25, 0.3) is 0 Å². The van der Waals surface area contributed by atoms with Crippen LogP contribution in [0.3, 0.4) is 0 Å². The van der Waals surface area contributed by atoms with Crippen molar-refractivity contribution >= 4 is 23.8 Å². The largest absolute Gasteiger partial charge is 0.480 e. The van der Waals surface area contributed by atoms with Gasteiger partial charge in [0, 0.05) is 19.5 Å². The molecule has 0 radical (unpaired) electrons. The van der Waals surface area contributed by atoms with Gasteiger partial charge in [0.1, 0.15) is 31.1 Å². The van der Waals surface area contributed by atoms with Gasteiger partial charge in [-0.15, -0.1) is 0 Å². The summed E-state index contributed by atoms with van der Waals surface area (Å²) >= 11 is 0. The number of aliphatic carboxylic acids is 1. The fourth-order valence-electron chi connectivity index (χ4n) is 4.32. The minimum absolute atomic E-state index is 0.203. The fraction of sp³-hybridized carbons (Fsp3) is 0.565. The second kappa shape index (κ2) is 11.9. The lowest BCUT2D eigenvalue weighted by atomic mass is 9.97. The Hall–Kier alpha value is -3.05. The number of methoxy groups -OCH3 is 1. The Labute approximate surface area is 196 Å². The van der Waals surface area contributed by atoms with E-state index in [4.69, 9.17) is 19.3 Å². The summed E-state index contributed by atoms with van der Waals surface area (Å²) in [6.45, 7) is -0.310. The number of esters is 1. The first kappa shape index (κ1) is 25.6. The van der Waals surface area contributed by atoms with Crippen LogP contribution in [0.2, 0.25) is 0 Å². The smallest absolute Gasteiger partial charge is 0.329 e. The molecule has 1 aromatic rings. The lowest BCUT2D eigenvalue weighted by Gasteiger charge is -2.40. The van der Waals surface area contributed by atoms with Crippen molar-refractivity contribution in [2.45, 2.75) is 50.5 Å². The molecule has 2 amide bonds. The average molecular weight is 480 g/mol. The van der Waals surface area contributed by atoms with E-state index in [0.717, 1.165) is 5.56 Å². The zero-order chi connectivity index (χ0) is 24.7. The Bertz CT molecular complexity index is 893. The number of hydrogen-bond acceptors (Lipinski definition) is 7. The minimum Gasteiger partial charge on any atom is -0.480 e. The van der Waals surface area contributed by atoms with Crippen LogP contribution in [0.4, 0.5) is 4.39 Å². The zero-order valence-electron chi connectivity index (χ0n) is 19.0. The molecule has 3 atom stereocenters. The summed E-state index contributed by atoms with van der Waals surface area (Å²) in [6.07, 6.45) is 1.43. The van der Waals surface area contributed by atoms with Crippen LogP contribution < -0.4 is 0 Å². The Morgan fingerprint density at radius 3 is 2.44 bits per heavy atom. The molecule has 2 aliphatic heterocycles. The number of hydrogen-bond donors (Lipinski definition) is 1. The first-order valence-corrected chi connectivity index (χ1v) is 11.1. The first-order valence-electron chi connectivity index (χ1n) is 11.1. The molecule has 0 aromatic heterocycles. The summed E-state index contributed by atoms with van der Waals surface area (Å²) in [5.41, 5.74) is 0.773. The van der Waals surface area contributed by atoms with Crippen molar-refractivity contribution in [2.24, 2.45) is 0 Å². The van der Waals surface area contributed by atoms with Crippen molar-refractivity contribution in [3.8, 4) is 0 Å². The number of piperidine rings is 1. The molecule has 2 aliphatic rings. The predicted molar refractivity (Wildman–Crippen MR) is 115 cm³/mol. The monoisotopic (exact) mass is 480 g/mol. The Kier molecular flexibility index (Phi) is 8.94. The van der Waals surface area contributed by atoms with E-state index in [1.54, 1.807) is 12.1 Å². The van der Waals surface area contributed by atoms with Crippen LogP contribution in [-0.4, -0.2) is 90.3 Å². The third-order valence-corrected chi connectivity index (χ3v) is 6.02. The predicted octanol–water partition coefficient (Wildman–Crippen LogP) is 0.967. The molecule has 186 valence electrons. The van der Waals surface area contributed by atoms with Gasteiger partial charge in [-0.3, -0.25) is 9.59 Å². The molecule has 2 saturated heterocycles. The molecule has 10 nitrogen and oxygen atoms in total. The molecular weight excluding hydrogens is 451 g/mol. The Morgan fingerprint density at radius 2 is 1.76 bits per heavy atom. The molecule has 1 N–H and O–H groups in total. The lowest BCUT2D eigenvalue weighted by Crippen LogP contribution is -2.58. The average Bonchev–Trinajstić information content (AvgIpc) is 3.32. The second-order valence-electron chi connectivity index (χ2n) is 8.29. The van der Waals surface area contributed by atoms with Crippen molar-refractivity contribution in [2.75, 3.05) is 33.4 Å². The van der Waals surface area contributed by atoms with Crippen LogP contribution in [0.15, 0.2) is 24.3 Å². The van der Waals surface area contributed by atoms with E-state index in [1.807, 2.05) is 0 Å². The van der Waals surface area contributed by atoms with Gasteiger partial charge in [0.2, 0.25) is 11.8 Å². The van der Waals surface area contributed by atoms with Crippen molar-refractivity contribution in [3.63, 3.8) is 0 Å². The molecule has 0 aliphatic carbocycles. The maximum Gasteiger partial charge on any atom is 0.329 e. The Balaban J connectivity index is 1.71. The number of likely N-dealkylation sites (tertiary alicyclic amines) is 2. The van der Waals surface area contributed by atoms with Crippen LogP contribution in [-0.2, 0) is 40.0 Å². The number of ether oxygens (including phenoxy) is 3. The summed E-state index contributed by atoms with van der Waals surface area (Å²) in [4.78, 5) is 51.9.